The van der Waals surface area contributed by atoms with Crippen molar-refractivity contribution < 1.29 is 46.1 Å². The smallest absolute Gasteiger partial charge is 0.411 e. The average molecular weight is 639 g/mol. The second kappa shape index (κ2) is 12.4. The fourth-order valence-electron chi connectivity index (χ4n) is 5.39. The van der Waals surface area contributed by atoms with E-state index in [0.717, 1.165) is 9.47 Å². The number of benzene rings is 2. The number of alkyl halides is 3. The van der Waals surface area contributed by atoms with Crippen LogP contribution in [0.2, 0.25) is 0 Å². The van der Waals surface area contributed by atoms with Crippen LogP contribution in [-0.2, 0) is 40.8 Å². The van der Waals surface area contributed by atoms with Crippen LogP contribution in [0.3, 0.4) is 0 Å². The van der Waals surface area contributed by atoms with Crippen molar-refractivity contribution in [3.63, 3.8) is 0 Å². The van der Waals surface area contributed by atoms with Gasteiger partial charge in [0.2, 0.25) is 0 Å². The number of amides is 1. The number of halogens is 5. The maximum absolute atomic E-state index is 15.0. The zero-order valence-electron chi connectivity index (χ0n) is 23.7. The Morgan fingerprint density at radius 3 is 2.33 bits per heavy atom. The molecule has 2 aliphatic heterocycles. The van der Waals surface area contributed by atoms with Crippen LogP contribution in [0.5, 0.6) is 0 Å². The molecule has 2 aromatic carbocycles. The number of fused-ring (bicyclic) bond motifs is 1. The molecule has 11 nitrogen and oxygen atoms in total. The Morgan fingerprint density at radius 1 is 1.04 bits per heavy atom. The number of carbonyl (C=O) groups is 2. The van der Waals surface area contributed by atoms with Crippen molar-refractivity contribution in [3.05, 3.63) is 91.3 Å². The van der Waals surface area contributed by atoms with Crippen molar-refractivity contribution in [2.75, 3.05) is 31.3 Å². The number of aromatic nitrogens is 2. The summed E-state index contributed by atoms with van der Waals surface area (Å²) < 4.78 is 82.8. The van der Waals surface area contributed by atoms with Crippen LogP contribution in [0.4, 0.5) is 27.6 Å². The third kappa shape index (κ3) is 6.33. The molecule has 1 amide bonds. The minimum atomic E-state index is -4.75. The fraction of sp³-hybridized carbons (Fsp3) is 0.379. The van der Waals surface area contributed by atoms with E-state index in [1.807, 2.05) is 5.32 Å². The number of rotatable bonds is 7. The van der Waals surface area contributed by atoms with E-state index in [-0.39, 0.29) is 31.9 Å². The van der Waals surface area contributed by atoms with E-state index < -0.39 is 70.9 Å². The van der Waals surface area contributed by atoms with Crippen LogP contribution in [0, 0.1) is 11.6 Å². The Morgan fingerprint density at radius 2 is 1.71 bits per heavy atom. The molecule has 1 unspecified atom stereocenters. The van der Waals surface area contributed by atoms with Crippen molar-refractivity contribution in [2.24, 2.45) is 7.05 Å². The number of hydrogen-bond donors (Lipinski definition) is 2. The van der Waals surface area contributed by atoms with Gasteiger partial charge in [0.25, 0.3) is 11.5 Å². The summed E-state index contributed by atoms with van der Waals surface area (Å²) in [6.45, 7) is -0.713. The van der Waals surface area contributed by atoms with Crippen molar-refractivity contribution in [1.29, 1.82) is 0 Å². The van der Waals surface area contributed by atoms with Crippen molar-refractivity contribution in [2.45, 2.75) is 37.7 Å². The molecule has 5 rings (SSSR count). The number of aliphatic carboxylic acids is 1. The number of morpholine rings is 1. The first-order valence-corrected chi connectivity index (χ1v) is 13.7. The van der Waals surface area contributed by atoms with Gasteiger partial charge in [0.1, 0.15) is 29.3 Å². The predicted octanol–water partition coefficient (Wildman–Crippen LogP) is 2.08. The average Bonchev–Trinajstić information content (AvgIpc) is 2.99. The number of carboxylic acid groups (broad SMARTS) is 1. The maximum atomic E-state index is 15.0. The summed E-state index contributed by atoms with van der Waals surface area (Å²) in [4.78, 5) is 51.5. The standard InChI is InChI=1S/C29H27F5N4O7/c1-36-22-13-44-8-6-18(22)26(40)38(28(36)43)16-4-2-15(3-5-16)10-21(27(41)42)35-25(39)24-19(30)11-17(12-20(24)31)37-7-9-45-14-23(37)29(32,33)34/h2-5,11-12,21,23H,6-10,13-14H2,1H3,(H,35,39)(H,41,42)/t21?,23-/m1/s1. The Bertz CT molecular complexity index is 1730. The van der Waals surface area contributed by atoms with Crippen molar-refractivity contribution >= 4 is 17.6 Å². The van der Waals surface area contributed by atoms with Gasteiger partial charge in [-0.25, -0.2) is 22.9 Å². The number of carbonyl (C=O) groups excluding carboxylic acids is 1. The molecule has 2 atom stereocenters. The molecule has 3 heterocycles. The number of hydrogen-bond acceptors (Lipinski definition) is 7. The lowest BCUT2D eigenvalue weighted by Crippen LogP contribution is -2.53. The summed E-state index contributed by atoms with van der Waals surface area (Å²) in [5.41, 5.74) is -1.25. The van der Waals surface area contributed by atoms with Gasteiger partial charge in [0, 0.05) is 37.7 Å². The maximum Gasteiger partial charge on any atom is 0.411 e. The van der Waals surface area contributed by atoms with Crippen LogP contribution in [0.1, 0.15) is 27.2 Å². The minimum absolute atomic E-state index is 0.116. The first-order chi connectivity index (χ1) is 21.3. The third-order valence-corrected chi connectivity index (χ3v) is 7.76. The van der Waals surface area contributed by atoms with E-state index >= 15 is 0 Å². The molecule has 3 aromatic rings. The summed E-state index contributed by atoms with van der Waals surface area (Å²) in [6.07, 6.45) is -4.78. The molecule has 1 saturated heterocycles. The monoisotopic (exact) mass is 638 g/mol. The Hall–Kier alpha value is -4.57. The van der Waals surface area contributed by atoms with Gasteiger partial charge in [-0.2, -0.15) is 13.2 Å². The number of anilines is 1. The first-order valence-electron chi connectivity index (χ1n) is 13.7. The quantitative estimate of drug-likeness (QED) is 0.377. The van der Waals surface area contributed by atoms with E-state index in [0.29, 0.717) is 42.0 Å². The molecule has 1 aromatic heterocycles. The number of ether oxygens (including phenoxy) is 2. The van der Waals surface area contributed by atoms with Crippen LogP contribution in [0.25, 0.3) is 5.69 Å². The third-order valence-electron chi connectivity index (χ3n) is 7.76. The molecule has 1 fully saturated rings. The largest absolute Gasteiger partial charge is 0.480 e. The van der Waals surface area contributed by atoms with Gasteiger partial charge in [-0.05, 0) is 29.8 Å². The molecule has 2 N–H and O–H groups in total. The van der Waals surface area contributed by atoms with Gasteiger partial charge in [-0.15, -0.1) is 0 Å². The molecular weight excluding hydrogens is 611 g/mol. The second-order valence-corrected chi connectivity index (χ2v) is 10.6. The lowest BCUT2D eigenvalue weighted by molar-refractivity contribution is -0.167. The Kier molecular flexibility index (Phi) is 8.80. The van der Waals surface area contributed by atoms with Gasteiger partial charge in [-0.3, -0.25) is 14.2 Å². The Balaban J connectivity index is 1.35. The normalized spacial score (nSPS) is 17.5. The zero-order valence-corrected chi connectivity index (χ0v) is 23.7. The van der Waals surface area contributed by atoms with E-state index in [1.165, 1.54) is 35.9 Å². The predicted molar refractivity (Wildman–Crippen MR) is 148 cm³/mol. The number of nitrogens with zero attached hydrogens (tertiary/aromatic N) is 3. The van der Waals surface area contributed by atoms with Gasteiger partial charge in [0.05, 0.1) is 37.8 Å². The van der Waals surface area contributed by atoms with E-state index in [1.54, 1.807) is 0 Å². The van der Waals surface area contributed by atoms with Gasteiger partial charge < -0.3 is 24.8 Å². The number of nitrogens with one attached hydrogen (secondary N) is 1. The van der Waals surface area contributed by atoms with Crippen LogP contribution >= 0.6 is 0 Å². The van der Waals surface area contributed by atoms with Gasteiger partial charge in [-0.1, -0.05) is 12.1 Å². The molecule has 0 saturated carbocycles. The molecule has 0 spiro atoms. The first kappa shape index (κ1) is 31.8. The van der Waals surface area contributed by atoms with E-state index in [4.69, 9.17) is 9.47 Å². The highest BCUT2D eigenvalue weighted by Crippen LogP contribution is 2.32. The van der Waals surface area contributed by atoms with Crippen LogP contribution < -0.4 is 21.5 Å². The molecule has 0 bridgehead atoms. The number of carboxylic acids is 1. The van der Waals surface area contributed by atoms with E-state index in [9.17, 15) is 46.2 Å². The van der Waals surface area contributed by atoms with Crippen LogP contribution in [-0.4, -0.2) is 70.7 Å². The van der Waals surface area contributed by atoms with Crippen molar-refractivity contribution in [3.8, 4) is 5.69 Å². The second-order valence-electron chi connectivity index (χ2n) is 10.6. The summed E-state index contributed by atoms with van der Waals surface area (Å²) in [7, 11) is 1.52. The van der Waals surface area contributed by atoms with Gasteiger partial charge in [0.15, 0.2) is 0 Å². The molecular formula is C29H27F5N4O7. The summed E-state index contributed by atoms with van der Waals surface area (Å²) in [5, 5.41) is 11.8. The molecule has 0 radical (unpaired) electrons. The highest BCUT2D eigenvalue weighted by Gasteiger charge is 2.46. The molecule has 2 aliphatic rings. The fourth-order valence-corrected chi connectivity index (χ4v) is 5.39. The Labute approximate surface area is 251 Å². The molecule has 240 valence electrons. The highest BCUT2D eigenvalue weighted by molar-refractivity contribution is 5.97. The molecule has 16 heteroatoms. The topological polar surface area (TPSA) is 132 Å². The molecule has 0 aliphatic carbocycles. The summed E-state index contributed by atoms with van der Waals surface area (Å²) in [5.74, 6) is -5.92. The summed E-state index contributed by atoms with van der Waals surface area (Å²) in [6, 6.07) is 3.03. The minimum Gasteiger partial charge on any atom is -0.480 e. The summed E-state index contributed by atoms with van der Waals surface area (Å²) >= 11 is 0. The lowest BCUT2D eigenvalue weighted by Gasteiger charge is -2.38. The zero-order chi connectivity index (χ0) is 32.6. The molecule has 45 heavy (non-hydrogen) atoms. The van der Waals surface area contributed by atoms with Gasteiger partial charge >= 0.3 is 17.8 Å². The lowest BCUT2D eigenvalue weighted by atomic mass is 10.0. The van der Waals surface area contributed by atoms with E-state index in [2.05, 4.69) is 0 Å². The SMILES string of the molecule is Cn1c2c(c(=O)n(-c3ccc(CC(NC(=O)c4c(F)cc(N5CCOC[C@@H]5C(F)(F)F)cc4F)C(=O)O)cc3)c1=O)CCOC2. The highest BCUT2D eigenvalue weighted by atomic mass is 19.4. The van der Waals surface area contributed by atoms with Crippen molar-refractivity contribution in [1.82, 2.24) is 14.5 Å². The van der Waals surface area contributed by atoms with Crippen LogP contribution in [0.15, 0.2) is 46.0 Å².